The van der Waals surface area contributed by atoms with Gasteiger partial charge >= 0.3 is 0 Å². The van der Waals surface area contributed by atoms with Crippen LogP contribution in [0.5, 0.6) is 0 Å². The van der Waals surface area contributed by atoms with E-state index in [0.29, 0.717) is 50.1 Å². The summed E-state index contributed by atoms with van der Waals surface area (Å²) in [6.07, 6.45) is 1.43. The van der Waals surface area contributed by atoms with Crippen molar-refractivity contribution >= 4 is 17.5 Å². The third kappa shape index (κ3) is 2.49. The molecule has 0 radical (unpaired) electrons. The van der Waals surface area contributed by atoms with E-state index in [9.17, 15) is 4.79 Å². The molecule has 0 bridgehead atoms. The van der Waals surface area contributed by atoms with Gasteiger partial charge in [0.2, 0.25) is 11.7 Å². The second-order valence-corrected chi connectivity index (χ2v) is 6.06. The molecule has 1 aromatic heterocycles. The van der Waals surface area contributed by atoms with E-state index in [4.69, 9.17) is 14.0 Å². The molecule has 2 aliphatic rings. The van der Waals surface area contributed by atoms with Crippen LogP contribution in [0.3, 0.4) is 0 Å². The number of ketones is 1. The number of carbonyl (C=O) groups excluding carboxylic acids is 1. The Kier molecular flexibility index (Phi) is 4.09. The number of Topliss-reactive ketones (excluding diaryl/α,β-unsaturated/α-hetero) is 1. The number of nitrogens with zero attached hydrogens (tertiary/aromatic N) is 2. The molecular formula is C13H18N2O4S. The third-order valence-electron chi connectivity index (χ3n) is 3.79. The van der Waals surface area contributed by atoms with Gasteiger partial charge in [0.1, 0.15) is 11.5 Å². The lowest BCUT2D eigenvalue weighted by Crippen LogP contribution is -2.37. The van der Waals surface area contributed by atoms with Crippen molar-refractivity contribution < 1.29 is 18.8 Å². The number of rotatable bonds is 4. The van der Waals surface area contributed by atoms with Gasteiger partial charge in [0.25, 0.3) is 0 Å². The maximum absolute atomic E-state index is 11.8. The lowest BCUT2D eigenvalue weighted by molar-refractivity contribution is -0.118. The fraction of sp³-hybridized carbons (Fsp3) is 0.769. The number of carbonyl (C=O) groups is 1. The number of aromatic nitrogens is 2. The van der Waals surface area contributed by atoms with Crippen LogP contribution in [0.1, 0.15) is 37.4 Å². The molecule has 0 spiro atoms. The molecule has 0 aliphatic carbocycles. The van der Waals surface area contributed by atoms with Crippen LogP contribution in [0, 0.1) is 0 Å². The molecule has 0 N–H and O–H groups in total. The molecule has 2 fully saturated rings. The van der Waals surface area contributed by atoms with E-state index in [1.54, 1.807) is 11.8 Å². The second-order valence-electron chi connectivity index (χ2n) is 5.03. The third-order valence-corrected chi connectivity index (χ3v) is 4.84. The molecule has 3 rings (SSSR count). The number of thioether (sulfide) groups is 1. The quantitative estimate of drug-likeness (QED) is 0.834. The van der Waals surface area contributed by atoms with Gasteiger partial charge in [-0.25, -0.2) is 0 Å². The zero-order valence-electron chi connectivity index (χ0n) is 11.5. The smallest absolute Gasteiger partial charge is 0.238 e. The van der Waals surface area contributed by atoms with Crippen molar-refractivity contribution in [2.24, 2.45) is 0 Å². The first-order valence-electron chi connectivity index (χ1n) is 6.91. The van der Waals surface area contributed by atoms with Gasteiger partial charge in [-0.1, -0.05) is 5.16 Å². The molecule has 2 saturated heterocycles. The van der Waals surface area contributed by atoms with Crippen molar-refractivity contribution in [2.45, 2.75) is 31.3 Å². The lowest BCUT2D eigenvalue weighted by Gasteiger charge is -2.33. The van der Waals surface area contributed by atoms with Gasteiger partial charge < -0.3 is 14.0 Å². The summed E-state index contributed by atoms with van der Waals surface area (Å²) in [5.74, 6) is 2.17. The Morgan fingerprint density at radius 2 is 2.25 bits per heavy atom. The Labute approximate surface area is 121 Å². The summed E-state index contributed by atoms with van der Waals surface area (Å²) >= 11 is 1.61. The molecule has 6 nitrogen and oxygen atoms in total. The summed E-state index contributed by atoms with van der Waals surface area (Å²) in [6.45, 7) is 3.79. The van der Waals surface area contributed by atoms with Gasteiger partial charge in [-0.15, -0.1) is 0 Å². The minimum atomic E-state index is -0.524. The highest BCUT2D eigenvalue weighted by molar-refractivity contribution is 8.00. The van der Waals surface area contributed by atoms with Crippen LogP contribution in [-0.4, -0.2) is 47.3 Å². The standard InChI is InChI=1S/C13H18N2O4S/c1-2-18-13(3-5-17-6-4-13)12-14-11(19-15-12)9-7-20-8-10(9)16/h9H,2-8H2,1H3. The highest BCUT2D eigenvalue weighted by atomic mass is 32.2. The van der Waals surface area contributed by atoms with E-state index < -0.39 is 5.60 Å². The van der Waals surface area contributed by atoms with Crippen LogP contribution in [0.15, 0.2) is 4.52 Å². The first-order valence-corrected chi connectivity index (χ1v) is 8.07. The Bertz CT molecular complexity index is 479. The molecule has 1 atom stereocenters. The van der Waals surface area contributed by atoms with Crippen LogP contribution in [0.25, 0.3) is 0 Å². The highest BCUT2D eigenvalue weighted by Crippen LogP contribution is 2.36. The molecule has 110 valence electrons. The summed E-state index contributed by atoms with van der Waals surface area (Å²) in [7, 11) is 0. The Balaban J connectivity index is 1.85. The summed E-state index contributed by atoms with van der Waals surface area (Å²) in [5, 5.41) is 4.08. The van der Waals surface area contributed by atoms with E-state index in [2.05, 4.69) is 10.1 Å². The zero-order chi connectivity index (χ0) is 14.0. The van der Waals surface area contributed by atoms with Gasteiger partial charge in [-0.05, 0) is 6.92 Å². The molecule has 7 heteroatoms. The molecule has 0 saturated carbocycles. The molecule has 1 aromatic rings. The monoisotopic (exact) mass is 298 g/mol. The van der Waals surface area contributed by atoms with Gasteiger partial charge in [0.05, 0.1) is 5.75 Å². The predicted octanol–water partition coefficient (Wildman–Crippen LogP) is 1.51. The first kappa shape index (κ1) is 14.0. The SMILES string of the molecule is CCOC1(c2noc(C3CSCC3=O)n2)CCOCC1. The largest absolute Gasteiger partial charge is 0.381 e. The first-order chi connectivity index (χ1) is 9.75. The summed E-state index contributed by atoms with van der Waals surface area (Å²) in [4.78, 5) is 16.2. The average molecular weight is 298 g/mol. The normalized spacial score (nSPS) is 26.1. The van der Waals surface area contributed by atoms with Crippen LogP contribution < -0.4 is 0 Å². The summed E-state index contributed by atoms with van der Waals surface area (Å²) in [5.41, 5.74) is -0.524. The molecule has 1 unspecified atom stereocenters. The maximum atomic E-state index is 11.8. The molecule has 0 aromatic carbocycles. The fourth-order valence-corrected chi connectivity index (χ4v) is 3.74. The van der Waals surface area contributed by atoms with E-state index >= 15 is 0 Å². The minimum absolute atomic E-state index is 0.169. The van der Waals surface area contributed by atoms with Crippen molar-refractivity contribution in [3.63, 3.8) is 0 Å². The number of ether oxygens (including phenoxy) is 2. The van der Waals surface area contributed by atoms with E-state index in [0.717, 1.165) is 5.75 Å². The van der Waals surface area contributed by atoms with Crippen molar-refractivity contribution in [3.05, 3.63) is 11.7 Å². The van der Waals surface area contributed by atoms with Crippen molar-refractivity contribution in [1.29, 1.82) is 0 Å². The van der Waals surface area contributed by atoms with Crippen molar-refractivity contribution in [2.75, 3.05) is 31.3 Å². The predicted molar refractivity (Wildman–Crippen MR) is 72.7 cm³/mol. The minimum Gasteiger partial charge on any atom is -0.381 e. The number of hydrogen-bond acceptors (Lipinski definition) is 7. The van der Waals surface area contributed by atoms with Gasteiger partial charge in [-0.3, -0.25) is 4.79 Å². The van der Waals surface area contributed by atoms with Crippen molar-refractivity contribution in [3.8, 4) is 0 Å². The van der Waals surface area contributed by atoms with E-state index in [-0.39, 0.29) is 11.7 Å². The van der Waals surface area contributed by atoms with Crippen LogP contribution in [0.4, 0.5) is 0 Å². The van der Waals surface area contributed by atoms with Gasteiger partial charge in [0, 0.05) is 38.4 Å². The Hall–Kier alpha value is -0.920. The molecule has 2 aliphatic heterocycles. The maximum Gasteiger partial charge on any atom is 0.238 e. The summed E-state index contributed by atoms with van der Waals surface area (Å²) < 4.78 is 16.6. The Morgan fingerprint density at radius 3 is 2.90 bits per heavy atom. The number of hydrogen-bond donors (Lipinski definition) is 0. The highest BCUT2D eigenvalue weighted by Gasteiger charge is 2.41. The summed E-state index contributed by atoms with van der Waals surface area (Å²) in [6, 6.07) is 0. The molecule has 3 heterocycles. The van der Waals surface area contributed by atoms with Crippen LogP contribution in [-0.2, 0) is 19.9 Å². The topological polar surface area (TPSA) is 74.5 Å². The second kappa shape index (κ2) is 5.83. The lowest BCUT2D eigenvalue weighted by atomic mass is 9.93. The average Bonchev–Trinajstić information content (AvgIpc) is 3.08. The van der Waals surface area contributed by atoms with Crippen molar-refractivity contribution in [1.82, 2.24) is 10.1 Å². The van der Waals surface area contributed by atoms with Gasteiger partial charge in [-0.2, -0.15) is 16.7 Å². The Morgan fingerprint density at radius 1 is 1.45 bits per heavy atom. The van der Waals surface area contributed by atoms with E-state index in [1.807, 2.05) is 6.92 Å². The van der Waals surface area contributed by atoms with Crippen LogP contribution in [0.2, 0.25) is 0 Å². The zero-order valence-corrected chi connectivity index (χ0v) is 12.3. The molecule has 0 amide bonds. The molecular weight excluding hydrogens is 280 g/mol. The van der Waals surface area contributed by atoms with E-state index in [1.165, 1.54) is 0 Å². The fourth-order valence-electron chi connectivity index (χ4n) is 2.65. The van der Waals surface area contributed by atoms with Crippen LogP contribution >= 0.6 is 11.8 Å². The molecule has 20 heavy (non-hydrogen) atoms. The van der Waals surface area contributed by atoms with Gasteiger partial charge in [0.15, 0.2) is 5.78 Å².